The van der Waals surface area contributed by atoms with Crippen molar-refractivity contribution < 1.29 is 9.21 Å². The van der Waals surface area contributed by atoms with E-state index in [2.05, 4.69) is 34.0 Å². The molecule has 0 bridgehead atoms. The average Bonchev–Trinajstić information content (AvgIpc) is 3.38. The number of thioether (sulfide) groups is 1. The minimum absolute atomic E-state index is 0.109. The number of hydrogen-bond donors (Lipinski definition) is 0. The Morgan fingerprint density at radius 3 is 2.85 bits per heavy atom. The topological polar surface area (TPSA) is 48.0 Å². The number of carbonyl (C=O) groups excluding carboxylic acids is 1. The summed E-state index contributed by atoms with van der Waals surface area (Å²) in [6, 6.07) is 13.9. The number of para-hydroxylation sites is 2. The number of Topliss-reactive ketones (excluding diaryl/α,β-unsaturated/α-hetero) is 1. The van der Waals surface area contributed by atoms with Gasteiger partial charge < -0.3 is 8.98 Å². The molecule has 1 aromatic carbocycles. The fourth-order valence-corrected chi connectivity index (χ4v) is 4.64. The first-order chi connectivity index (χ1) is 13.1. The first kappa shape index (κ1) is 18.1. The third-order valence-electron chi connectivity index (χ3n) is 4.64. The Balaban J connectivity index is 1.44. The van der Waals surface area contributed by atoms with Crippen molar-refractivity contribution in [3.63, 3.8) is 0 Å². The number of aromatic nitrogens is 2. The maximum atomic E-state index is 12.8. The Hall–Kier alpha value is -2.31. The van der Waals surface area contributed by atoms with Crippen LogP contribution in [-0.4, -0.2) is 21.1 Å². The maximum Gasteiger partial charge on any atom is 0.257 e. The van der Waals surface area contributed by atoms with Crippen molar-refractivity contribution >= 4 is 40.0 Å². The molecule has 0 atom stereocenters. The highest BCUT2D eigenvalue weighted by atomic mass is 32.2. The van der Waals surface area contributed by atoms with Crippen molar-refractivity contribution in [3.8, 4) is 0 Å². The van der Waals surface area contributed by atoms with Gasteiger partial charge in [-0.25, -0.2) is 4.98 Å². The van der Waals surface area contributed by atoms with Gasteiger partial charge >= 0.3 is 0 Å². The molecule has 0 aliphatic rings. The number of carbonyl (C=O) groups is 1. The lowest BCUT2D eigenvalue weighted by Gasteiger charge is -2.09. The molecule has 3 heterocycles. The van der Waals surface area contributed by atoms with Crippen LogP contribution in [-0.2, 0) is 13.0 Å². The third kappa shape index (κ3) is 3.87. The minimum Gasteiger partial charge on any atom is -0.431 e. The normalized spacial score (nSPS) is 11.3. The Morgan fingerprint density at radius 2 is 2.07 bits per heavy atom. The molecule has 6 heteroatoms. The minimum atomic E-state index is 0.109. The number of rotatable bonds is 7. The molecular weight excluding hydrogens is 376 g/mol. The second kappa shape index (κ2) is 7.74. The predicted octanol–water partition coefficient (Wildman–Crippen LogP) is 5.53. The number of fused-ring (bicyclic) bond motifs is 1. The lowest BCUT2D eigenvalue weighted by Crippen LogP contribution is -2.08. The van der Waals surface area contributed by atoms with E-state index in [0.29, 0.717) is 11.0 Å². The summed E-state index contributed by atoms with van der Waals surface area (Å²) in [6.07, 6.45) is 0.985. The average molecular weight is 397 g/mol. The van der Waals surface area contributed by atoms with Gasteiger partial charge in [0.05, 0.1) is 5.75 Å². The summed E-state index contributed by atoms with van der Waals surface area (Å²) < 4.78 is 7.92. The van der Waals surface area contributed by atoms with Crippen LogP contribution >= 0.6 is 23.1 Å². The second-order valence-electron chi connectivity index (χ2n) is 6.43. The molecule has 4 nitrogen and oxygen atoms in total. The number of thiophene rings is 1. The van der Waals surface area contributed by atoms with Gasteiger partial charge in [0.15, 0.2) is 11.4 Å². The van der Waals surface area contributed by atoms with Crippen LogP contribution in [0.3, 0.4) is 0 Å². The van der Waals surface area contributed by atoms with E-state index in [1.165, 1.54) is 16.6 Å². The monoisotopic (exact) mass is 396 g/mol. The second-order valence-corrected chi connectivity index (χ2v) is 8.38. The zero-order valence-electron chi connectivity index (χ0n) is 15.3. The van der Waals surface area contributed by atoms with Crippen LogP contribution in [0.25, 0.3) is 11.1 Å². The van der Waals surface area contributed by atoms with E-state index < -0.39 is 0 Å². The van der Waals surface area contributed by atoms with Crippen molar-refractivity contribution in [2.45, 2.75) is 32.0 Å². The molecular formula is C21H20N2O2S2. The fraction of sp³-hybridized carbons (Fsp3) is 0.238. The van der Waals surface area contributed by atoms with Gasteiger partial charge in [0.25, 0.3) is 5.22 Å². The molecule has 0 unspecified atom stereocenters. The first-order valence-corrected chi connectivity index (χ1v) is 10.7. The van der Waals surface area contributed by atoms with E-state index >= 15 is 0 Å². The molecule has 0 spiro atoms. The van der Waals surface area contributed by atoms with E-state index in [0.717, 1.165) is 41.0 Å². The molecule has 0 saturated carbocycles. The van der Waals surface area contributed by atoms with E-state index in [9.17, 15) is 4.79 Å². The van der Waals surface area contributed by atoms with Gasteiger partial charge in [-0.3, -0.25) is 4.79 Å². The third-order valence-corrected chi connectivity index (χ3v) is 6.40. The van der Waals surface area contributed by atoms with Crippen molar-refractivity contribution in [1.82, 2.24) is 9.55 Å². The fourth-order valence-electron chi connectivity index (χ4n) is 3.22. The Bertz CT molecular complexity index is 1040. The molecule has 27 heavy (non-hydrogen) atoms. The molecule has 0 aliphatic carbocycles. The van der Waals surface area contributed by atoms with Crippen molar-refractivity contribution in [1.29, 1.82) is 0 Å². The van der Waals surface area contributed by atoms with Gasteiger partial charge in [-0.2, -0.15) is 0 Å². The quantitative estimate of drug-likeness (QED) is 0.305. The van der Waals surface area contributed by atoms with Crippen LogP contribution in [0.1, 0.15) is 26.6 Å². The van der Waals surface area contributed by atoms with Crippen LogP contribution in [0.4, 0.5) is 0 Å². The number of benzene rings is 1. The zero-order valence-corrected chi connectivity index (χ0v) is 16.9. The lowest BCUT2D eigenvalue weighted by molar-refractivity contribution is 0.102. The van der Waals surface area contributed by atoms with Crippen molar-refractivity contribution in [2.75, 3.05) is 5.75 Å². The lowest BCUT2D eigenvalue weighted by atomic mass is 10.2. The summed E-state index contributed by atoms with van der Waals surface area (Å²) in [5, 5.41) is 2.64. The van der Waals surface area contributed by atoms with Gasteiger partial charge in [-0.15, -0.1) is 11.3 Å². The molecule has 0 saturated heterocycles. The predicted molar refractivity (Wildman–Crippen MR) is 111 cm³/mol. The number of nitrogens with zero attached hydrogens (tertiary/aromatic N) is 2. The molecule has 0 N–H and O–H groups in total. The summed E-state index contributed by atoms with van der Waals surface area (Å²) in [5.41, 5.74) is 4.52. The van der Waals surface area contributed by atoms with Gasteiger partial charge in [0.2, 0.25) is 0 Å². The molecule has 0 fully saturated rings. The maximum absolute atomic E-state index is 12.8. The van der Waals surface area contributed by atoms with Gasteiger partial charge in [0, 0.05) is 28.4 Å². The molecule has 4 aromatic rings. The van der Waals surface area contributed by atoms with Crippen LogP contribution in [0.15, 0.2) is 57.5 Å². The first-order valence-electron chi connectivity index (χ1n) is 8.82. The van der Waals surface area contributed by atoms with Crippen LogP contribution < -0.4 is 0 Å². The smallest absolute Gasteiger partial charge is 0.257 e. The SMILES string of the molecule is Cc1cc(C(=O)CSc2nc3ccccc3o2)c(C)n1CCc1cccs1. The Kier molecular flexibility index (Phi) is 5.18. The highest BCUT2D eigenvalue weighted by Gasteiger charge is 2.17. The number of oxazole rings is 1. The molecule has 0 radical (unpaired) electrons. The van der Waals surface area contributed by atoms with Gasteiger partial charge in [-0.05, 0) is 49.9 Å². The largest absolute Gasteiger partial charge is 0.431 e. The molecule has 3 aromatic heterocycles. The van der Waals surface area contributed by atoms with E-state index in [1.54, 1.807) is 11.3 Å². The summed E-state index contributed by atoms with van der Waals surface area (Å²) in [5.74, 6) is 0.430. The number of ketones is 1. The van der Waals surface area contributed by atoms with Gasteiger partial charge in [0.1, 0.15) is 5.52 Å². The van der Waals surface area contributed by atoms with Crippen molar-refractivity contribution in [2.24, 2.45) is 0 Å². The van der Waals surface area contributed by atoms with Gasteiger partial charge in [-0.1, -0.05) is 30.0 Å². The number of aryl methyl sites for hydroxylation is 2. The summed E-state index contributed by atoms with van der Waals surface area (Å²) in [4.78, 5) is 18.5. The van der Waals surface area contributed by atoms with Crippen LogP contribution in [0.2, 0.25) is 0 Å². The van der Waals surface area contributed by atoms with E-state index in [-0.39, 0.29) is 5.78 Å². The molecule has 0 amide bonds. The molecule has 138 valence electrons. The number of hydrogen-bond acceptors (Lipinski definition) is 5. The summed E-state index contributed by atoms with van der Waals surface area (Å²) in [7, 11) is 0. The van der Waals surface area contributed by atoms with E-state index in [4.69, 9.17) is 4.42 Å². The molecule has 4 rings (SSSR count). The van der Waals surface area contributed by atoms with E-state index in [1.807, 2.05) is 37.3 Å². The highest BCUT2D eigenvalue weighted by Crippen LogP contribution is 2.25. The highest BCUT2D eigenvalue weighted by molar-refractivity contribution is 7.99. The van der Waals surface area contributed by atoms with Crippen LogP contribution in [0, 0.1) is 13.8 Å². The summed E-state index contributed by atoms with van der Waals surface area (Å²) in [6.45, 7) is 4.98. The molecule has 0 aliphatic heterocycles. The Morgan fingerprint density at radius 1 is 1.22 bits per heavy atom. The zero-order chi connectivity index (χ0) is 18.8. The standard InChI is InChI=1S/C21H20N2O2S2/c1-14-12-17(15(2)23(14)10-9-16-6-5-11-26-16)19(24)13-27-21-22-18-7-3-4-8-20(18)25-21/h3-8,11-12H,9-10,13H2,1-2H3. The Labute approximate surface area is 166 Å². The summed E-state index contributed by atoms with van der Waals surface area (Å²) >= 11 is 3.12. The van der Waals surface area contributed by atoms with Crippen LogP contribution in [0.5, 0.6) is 0 Å². The van der Waals surface area contributed by atoms with Crippen molar-refractivity contribution in [3.05, 3.63) is 69.7 Å².